The van der Waals surface area contributed by atoms with Gasteiger partial charge in [0.1, 0.15) is 17.2 Å². The van der Waals surface area contributed by atoms with Crippen LogP contribution in [-0.2, 0) is 0 Å². The van der Waals surface area contributed by atoms with Gasteiger partial charge < -0.3 is 0 Å². The highest BCUT2D eigenvalue weighted by Gasteiger charge is 2.19. The van der Waals surface area contributed by atoms with Crippen molar-refractivity contribution in [1.82, 2.24) is 4.98 Å². The number of anilines is 1. The third kappa shape index (κ3) is 2.86. The first-order valence-electron chi connectivity index (χ1n) is 6.26. The van der Waals surface area contributed by atoms with E-state index in [4.69, 9.17) is 0 Å². The Morgan fingerprint density at radius 2 is 1.91 bits per heavy atom. The Morgan fingerprint density at radius 3 is 2.57 bits per heavy atom. The molecule has 0 atom stereocenters. The SMILES string of the molecule is O=C(Nc1nc2ccc([N+](=O)[O-])cc2s1)c1c(F)cccc1F. The van der Waals surface area contributed by atoms with E-state index in [9.17, 15) is 23.7 Å². The Balaban J connectivity index is 1.92. The zero-order chi connectivity index (χ0) is 16.6. The quantitative estimate of drug-likeness (QED) is 0.584. The second-order valence-electron chi connectivity index (χ2n) is 4.48. The van der Waals surface area contributed by atoms with Crippen molar-refractivity contribution in [3.63, 3.8) is 0 Å². The summed E-state index contributed by atoms with van der Waals surface area (Å²) in [5.41, 5.74) is -0.387. The molecule has 116 valence electrons. The van der Waals surface area contributed by atoms with Crippen molar-refractivity contribution in [1.29, 1.82) is 0 Å². The number of fused-ring (bicyclic) bond motifs is 1. The van der Waals surface area contributed by atoms with Gasteiger partial charge in [0, 0.05) is 12.1 Å². The van der Waals surface area contributed by atoms with Gasteiger partial charge in [-0.3, -0.25) is 20.2 Å². The van der Waals surface area contributed by atoms with Gasteiger partial charge in [-0.1, -0.05) is 17.4 Å². The van der Waals surface area contributed by atoms with Crippen LogP contribution in [0.15, 0.2) is 36.4 Å². The minimum absolute atomic E-state index is 0.0909. The monoisotopic (exact) mass is 335 g/mol. The molecule has 9 heteroatoms. The lowest BCUT2D eigenvalue weighted by molar-refractivity contribution is -0.384. The summed E-state index contributed by atoms with van der Waals surface area (Å²) in [6.45, 7) is 0. The van der Waals surface area contributed by atoms with Crippen molar-refractivity contribution in [3.05, 3.63) is 63.7 Å². The van der Waals surface area contributed by atoms with E-state index in [-0.39, 0.29) is 10.8 Å². The molecule has 0 aliphatic heterocycles. The highest BCUT2D eigenvalue weighted by atomic mass is 32.1. The van der Waals surface area contributed by atoms with Crippen LogP contribution in [0.1, 0.15) is 10.4 Å². The number of rotatable bonds is 3. The summed E-state index contributed by atoms with van der Waals surface area (Å²) in [7, 11) is 0. The molecule has 0 fully saturated rings. The van der Waals surface area contributed by atoms with E-state index < -0.39 is 28.0 Å². The number of hydrogen-bond donors (Lipinski definition) is 1. The molecule has 6 nitrogen and oxygen atoms in total. The molecule has 0 spiro atoms. The second kappa shape index (κ2) is 5.69. The number of carbonyl (C=O) groups is 1. The molecule has 0 aliphatic rings. The molecule has 0 aliphatic carbocycles. The smallest absolute Gasteiger partial charge is 0.270 e. The number of halogens is 2. The van der Waals surface area contributed by atoms with Crippen LogP contribution in [0.4, 0.5) is 19.6 Å². The number of carbonyl (C=O) groups excluding carboxylic acids is 1. The normalized spacial score (nSPS) is 10.7. The zero-order valence-electron chi connectivity index (χ0n) is 11.2. The Hall–Kier alpha value is -2.94. The van der Waals surface area contributed by atoms with E-state index >= 15 is 0 Å². The van der Waals surface area contributed by atoms with Gasteiger partial charge in [0.15, 0.2) is 5.13 Å². The molecule has 2 aromatic carbocycles. The molecule has 0 unspecified atom stereocenters. The maximum Gasteiger partial charge on any atom is 0.270 e. The van der Waals surface area contributed by atoms with Crippen LogP contribution in [-0.4, -0.2) is 15.8 Å². The van der Waals surface area contributed by atoms with Gasteiger partial charge >= 0.3 is 0 Å². The fraction of sp³-hybridized carbons (Fsp3) is 0. The van der Waals surface area contributed by atoms with E-state index in [2.05, 4.69) is 10.3 Å². The third-order valence-electron chi connectivity index (χ3n) is 2.99. The van der Waals surface area contributed by atoms with Gasteiger partial charge in [0.05, 0.1) is 15.1 Å². The van der Waals surface area contributed by atoms with Crippen molar-refractivity contribution < 1.29 is 18.5 Å². The van der Waals surface area contributed by atoms with Gasteiger partial charge in [-0.2, -0.15) is 0 Å². The maximum atomic E-state index is 13.6. The highest BCUT2D eigenvalue weighted by Crippen LogP contribution is 2.29. The number of nitro groups is 1. The summed E-state index contributed by atoms with van der Waals surface area (Å²) < 4.78 is 27.6. The molecule has 0 radical (unpaired) electrons. The number of nitrogens with one attached hydrogen (secondary N) is 1. The first-order valence-corrected chi connectivity index (χ1v) is 7.07. The lowest BCUT2D eigenvalue weighted by Gasteiger charge is -2.03. The predicted molar refractivity (Wildman–Crippen MR) is 80.6 cm³/mol. The first-order chi connectivity index (χ1) is 11.0. The molecule has 1 heterocycles. The maximum absolute atomic E-state index is 13.6. The van der Waals surface area contributed by atoms with Crippen LogP contribution < -0.4 is 5.32 Å². The molecule has 0 saturated heterocycles. The third-order valence-corrected chi connectivity index (χ3v) is 3.93. The minimum atomic E-state index is -0.987. The number of nitrogens with zero attached hydrogens (tertiary/aromatic N) is 2. The number of hydrogen-bond acceptors (Lipinski definition) is 5. The molecule has 3 rings (SSSR count). The zero-order valence-corrected chi connectivity index (χ0v) is 12.1. The van der Waals surface area contributed by atoms with Crippen LogP contribution in [0.25, 0.3) is 10.2 Å². The van der Waals surface area contributed by atoms with Crippen molar-refractivity contribution >= 4 is 38.3 Å². The number of thiazole rings is 1. The summed E-state index contributed by atoms with van der Waals surface area (Å²) in [5, 5.41) is 13.1. The minimum Gasteiger partial charge on any atom is -0.298 e. The lowest BCUT2D eigenvalue weighted by atomic mass is 10.2. The molecular weight excluding hydrogens is 328 g/mol. The summed E-state index contributed by atoms with van der Waals surface area (Å²) in [6, 6.07) is 7.12. The Bertz CT molecular complexity index is 922. The average Bonchev–Trinajstić information content (AvgIpc) is 2.87. The fourth-order valence-electron chi connectivity index (χ4n) is 1.95. The molecule has 0 saturated carbocycles. The number of non-ortho nitro benzene ring substituents is 1. The number of benzene rings is 2. The van der Waals surface area contributed by atoms with Crippen molar-refractivity contribution in [3.8, 4) is 0 Å². The van der Waals surface area contributed by atoms with Crippen molar-refractivity contribution in [2.24, 2.45) is 0 Å². The van der Waals surface area contributed by atoms with Crippen LogP contribution in [0.5, 0.6) is 0 Å². The van der Waals surface area contributed by atoms with E-state index in [1.807, 2.05) is 0 Å². The van der Waals surface area contributed by atoms with Crippen molar-refractivity contribution in [2.75, 3.05) is 5.32 Å². The second-order valence-corrected chi connectivity index (χ2v) is 5.51. The molecule has 1 N–H and O–H groups in total. The van der Waals surface area contributed by atoms with Crippen LogP contribution in [0.2, 0.25) is 0 Å². The molecular formula is C14H7F2N3O3S. The average molecular weight is 335 g/mol. The first kappa shape index (κ1) is 15.0. The largest absolute Gasteiger partial charge is 0.298 e. The lowest BCUT2D eigenvalue weighted by Crippen LogP contribution is -2.15. The van der Waals surface area contributed by atoms with E-state index in [1.165, 1.54) is 18.2 Å². The number of aromatic nitrogens is 1. The Kier molecular flexibility index (Phi) is 3.70. The highest BCUT2D eigenvalue weighted by molar-refractivity contribution is 7.22. The molecule has 3 aromatic rings. The standard InChI is InChI=1S/C14H7F2N3O3S/c15-8-2-1-3-9(16)12(8)13(20)18-14-17-10-5-4-7(19(21)22)6-11(10)23-14/h1-6H,(H,17,18,20). The summed E-state index contributed by atoms with van der Waals surface area (Å²) in [4.78, 5) is 26.2. The van der Waals surface area contributed by atoms with Gasteiger partial charge in [-0.05, 0) is 18.2 Å². The Morgan fingerprint density at radius 1 is 1.22 bits per heavy atom. The van der Waals surface area contributed by atoms with Crippen LogP contribution >= 0.6 is 11.3 Å². The molecule has 0 bridgehead atoms. The fourth-order valence-corrected chi connectivity index (χ4v) is 2.85. The van der Waals surface area contributed by atoms with E-state index in [0.29, 0.717) is 10.2 Å². The van der Waals surface area contributed by atoms with Gasteiger partial charge in [-0.25, -0.2) is 13.8 Å². The molecule has 23 heavy (non-hydrogen) atoms. The predicted octanol–water partition coefficient (Wildman–Crippen LogP) is 3.74. The van der Waals surface area contributed by atoms with E-state index in [1.54, 1.807) is 0 Å². The van der Waals surface area contributed by atoms with Gasteiger partial charge in [0.25, 0.3) is 11.6 Å². The van der Waals surface area contributed by atoms with Crippen LogP contribution in [0.3, 0.4) is 0 Å². The summed E-state index contributed by atoms with van der Waals surface area (Å²) in [6.07, 6.45) is 0. The molecule has 1 amide bonds. The Labute approximate surface area is 131 Å². The molecule has 1 aromatic heterocycles. The van der Waals surface area contributed by atoms with Crippen molar-refractivity contribution in [2.45, 2.75) is 0 Å². The number of amides is 1. The topological polar surface area (TPSA) is 85.1 Å². The summed E-state index contributed by atoms with van der Waals surface area (Å²) >= 11 is 0.971. The summed E-state index contributed by atoms with van der Waals surface area (Å²) in [5.74, 6) is -2.95. The van der Waals surface area contributed by atoms with Crippen LogP contribution in [0, 0.1) is 21.7 Å². The number of nitro benzene ring substituents is 1. The van der Waals surface area contributed by atoms with E-state index in [0.717, 1.165) is 29.5 Å². The van der Waals surface area contributed by atoms with Gasteiger partial charge in [0.2, 0.25) is 0 Å². The van der Waals surface area contributed by atoms with Gasteiger partial charge in [-0.15, -0.1) is 0 Å².